The normalized spacial score (nSPS) is 15.5. The number of hydrogen-bond acceptors (Lipinski definition) is 1. The lowest BCUT2D eigenvalue weighted by atomic mass is 9.90. The highest BCUT2D eigenvalue weighted by atomic mass is 14.5. The number of aryl methyl sites for hydroxylation is 2. The van der Waals surface area contributed by atoms with Gasteiger partial charge < -0.3 is 5.73 Å². The third-order valence-corrected chi connectivity index (χ3v) is 3.02. The fraction of sp³-hybridized carbons (Fsp3) is 0.429. The van der Waals surface area contributed by atoms with Gasteiger partial charge in [-0.3, -0.25) is 0 Å². The Morgan fingerprint density at radius 1 is 1.13 bits per heavy atom. The van der Waals surface area contributed by atoms with Gasteiger partial charge in [0.1, 0.15) is 0 Å². The molecule has 0 heterocycles. The van der Waals surface area contributed by atoms with Crippen LogP contribution in [0.15, 0.2) is 24.3 Å². The van der Waals surface area contributed by atoms with Crippen molar-refractivity contribution < 1.29 is 0 Å². The minimum absolute atomic E-state index is 0.738. The average molecular weight is 201 g/mol. The topological polar surface area (TPSA) is 26.0 Å². The Balaban J connectivity index is 2.13. The van der Waals surface area contributed by atoms with E-state index in [0.29, 0.717) is 0 Å². The Morgan fingerprint density at radius 2 is 1.93 bits per heavy atom. The molecular weight excluding hydrogens is 182 g/mol. The van der Waals surface area contributed by atoms with Crippen molar-refractivity contribution in [3.8, 4) is 0 Å². The van der Waals surface area contributed by atoms with E-state index in [1.54, 1.807) is 11.1 Å². The van der Waals surface area contributed by atoms with Crippen LogP contribution in [0.2, 0.25) is 0 Å². The molecule has 0 aliphatic heterocycles. The third-order valence-electron chi connectivity index (χ3n) is 3.02. The number of rotatable bonds is 3. The molecule has 1 aromatic rings. The van der Waals surface area contributed by atoms with Crippen molar-refractivity contribution in [3.05, 3.63) is 41.0 Å². The van der Waals surface area contributed by atoms with Crippen LogP contribution >= 0.6 is 0 Å². The third kappa shape index (κ3) is 2.69. The first-order valence-corrected chi connectivity index (χ1v) is 5.88. The molecule has 0 fully saturated rings. The minimum Gasteiger partial charge on any atom is -0.330 e. The van der Waals surface area contributed by atoms with Crippen molar-refractivity contribution in [2.75, 3.05) is 6.54 Å². The second-order valence-corrected chi connectivity index (χ2v) is 4.21. The molecule has 2 N–H and O–H groups in total. The van der Waals surface area contributed by atoms with Crippen molar-refractivity contribution in [1.82, 2.24) is 0 Å². The minimum atomic E-state index is 0.738. The summed E-state index contributed by atoms with van der Waals surface area (Å²) in [5.74, 6) is 0. The molecule has 0 saturated heterocycles. The maximum Gasteiger partial charge on any atom is -0.00425 e. The van der Waals surface area contributed by atoms with Crippen molar-refractivity contribution in [2.45, 2.75) is 32.1 Å². The predicted octanol–water partition coefficient (Wildman–Crippen LogP) is 2.93. The van der Waals surface area contributed by atoms with Gasteiger partial charge >= 0.3 is 0 Å². The van der Waals surface area contributed by atoms with Crippen LogP contribution in [0.25, 0.3) is 6.08 Å². The highest BCUT2D eigenvalue weighted by molar-refractivity contribution is 5.52. The lowest BCUT2D eigenvalue weighted by Crippen LogP contribution is -2.02. The van der Waals surface area contributed by atoms with Crippen LogP contribution in [0.5, 0.6) is 0 Å². The molecule has 2 rings (SSSR count). The maximum atomic E-state index is 5.45. The zero-order chi connectivity index (χ0) is 10.5. The van der Waals surface area contributed by atoms with Gasteiger partial charge in [0.05, 0.1) is 0 Å². The monoisotopic (exact) mass is 201 g/mol. The summed E-state index contributed by atoms with van der Waals surface area (Å²) in [6, 6.07) is 6.84. The van der Waals surface area contributed by atoms with Crippen molar-refractivity contribution in [2.24, 2.45) is 5.73 Å². The largest absolute Gasteiger partial charge is 0.330 e. The molecule has 0 amide bonds. The van der Waals surface area contributed by atoms with Gasteiger partial charge in [-0.1, -0.05) is 30.4 Å². The van der Waals surface area contributed by atoms with Crippen LogP contribution in [-0.2, 0) is 12.8 Å². The van der Waals surface area contributed by atoms with Crippen LogP contribution < -0.4 is 5.73 Å². The van der Waals surface area contributed by atoms with E-state index in [1.165, 1.54) is 31.2 Å². The van der Waals surface area contributed by atoms with Gasteiger partial charge in [0.15, 0.2) is 0 Å². The van der Waals surface area contributed by atoms with Crippen molar-refractivity contribution in [3.63, 3.8) is 0 Å². The number of fused-ring (bicyclic) bond motifs is 1. The van der Waals surface area contributed by atoms with Crippen LogP contribution in [-0.4, -0.2) is 6.54 Å². The molecule has 1 aliphatic carbocycles. The second-order valence-electron chi connectivity index (χ2n) is 4.21. The summed E-state index contributed by atoms with van der Waals surface area (Å²) in [6.45, 7) is 0.738. The Morgan fingerprint density at radius 3 is 2.73 bits per heavy atom. The molecule has 15 heavy (non-hydrogen) atoms. The number of hydrogen-bond donors (Lipinski definition) is 1. The van der Waals surface area contributed by atoms with E-state index < -0.39 is 0 Å². The highest BCUT2D eigenvalue weighted by Crippen LogP contribution is 2.22. The quantitative estimate of drug-likeness (QED) is 0.799. The second kappa shape index (κ2) is 5.13. The standard InChI is InChI=1S/C14H19N/c15-10-4-3-5-12-8-9-13-6-1-2-7-14(13)11-12/h3,5,8-9,11H,1-2,4,6-7,10,15H2/b5-3+. The van der Waals surface area contributed by atoms with Gasteiger partial charge in [-0.15, -0.1) is 0 Å². The smallest absolute Gasteiger partial charge is 0.00425 e. The van der Waals surface area contributed by atoms with Gasteiger partial charge in [0.2, 0.25) is 0 Å². The summed E-state index contributed by atoms with van der Waals surface area (Å²) in [6.07, 6.45) is 10.5. The van der Waals surface area contributed by atoms with Crippen molar-refractivity contribution >= 4 is 6.08 Å². The fourth-order valence-electron chi connectivity index (χ4n) is 2.17. The molecule has 80 valence electrons. The molecule has 0 bridgehead atoms. The predicted molar refractivity (Wildman–Crippen MR) is 65.8 cm³/mol. The van der Waals surface area contributed by atoms with Crippen LogP contribution in [0.3, 0.4) is 0 Å². The first-order chi connectivity index (χ1) is 7.40. The van der Waals surface area contributed by atoms with E-state index in [1.807, 2.05) is 0 Å². The van der Waals surface area contributed by atoms with Crippen LogP contribution in [0.4, 0.5) is 0 Å². The Kier molecular flexibility index (Phi) is 3.57. The molecule has 0 atom stereocenters. The van der Waals surface area contributed by atoms with Gasteiger partial charge in [0, 0.05) is 0 Å². The van der Waals surface area contributed by atoms with Crippen molar-refractivity contribution in [1.29, 1.82) is 0 Å². The summed E-state index contributed by atoms with van der Waals surface area (Å²) < 4.78 is 0. The van der Waals surface area contributed by atoms with E-state index in [9.17, 15) is 0 Å². The van der Waals surface area contributed by atoms with E-state index in [0.717, 1.165) is 13.0 Å². The van der Waals surface area contributed by atoms with Gasteiger partial charge in [-0.05, 0) is 55.3 Å². The first-order valence-electron chi connectivity index (χ1n) is 5.88. The summed E-state index contributed by atoms with van der Waals surface area (Å²) in [5, 5.41) is 0. The van der Waals surface area contributed by atoms with E-state index in [-0.39, 0.29) is 0 Å². The molecule has 0 unspecified atom stereocenters. The number of benzene rings is 1. The molecular formula is C14H19N. The molecule has 1 aliphatic rings. The Labute approximate surface area is 92.0 Å². The molecule has 1 aromatic carbocycles. The molecule has 0 aromatic heterocycles. The maximum absolute atomic E-state index is 5.45. The SMILES string of the molecule is NCC/C=C/c1ccc2c(c1)CCCC2. The first kappa shape index (κ1) is 10.4. The summed E-state index contributed by atoms with van der Waals surface area (Å²) in [7, 11) is 0. The molecule has 0 radical (unpaired) electrons. The Bertz CT molecular complexity index is 352. The van der Waals surface area contributed by atoms with Crippen LogP contribution in [0.1, 0.15) is 36.0 Å². The molecule has 0 saturated carbocycles. The summed E-state index contributed by atoms with van der Waals surface area (Å²) in [5.41, 5.74) is 9.88. The molecule has 1 heteroatoms. The highest BCUT2D eigenvalue weighted by Gasteiger charge is 2.08. The van der Waals surface area contributed by atoms with Crippen LogP contribution in [0, 0.1) is 0 Å². The zero-order valence-corrected chi connectivity index (χ0v) is 9.21. The zero-order valence-electron chi connectivity index (χ0n) is 9.21. The lowest BCUT2D eigenvalue weighted by molar-refractivity contribution is 0.685. The van der Waals surface area contributed by atoms with Gasteiger partial charge in [0.25, 0.3) is 0 Å². The average Bonchev–Trinajstić information content (AvgIpc) is 2.29. The summed E-state index contributed by atoms with van der Waals surface area (Å²) in [4.78, 5) is 0. The molecule has 1 nitrogen and oxygen atoms in total. The van der Waals surface area contributed by atoms with Gasteiger partial charge in [-0.2, -0.15) is 0 Å². The van der Waals surface area contributed by atoms with E-state index >= 15 is 0 Å². The Hall–Kier alpha value is -1.08. The van der Waals surface area contributed by atoms with Gasteiger partial charge in [-0.25, -0.2) is 0 Å². The van der Waals surface area contributed by atoms with E-state index in [4.69, 9.17) is 5.73 Å². The summed E-state index contributed by atoms with van der Waals surface area (Å²) >= 11 is 0. The lowest BCUT2D eigenvalue weighted by Gasteiger charge is -2.15. The fourth-order valence-corrected chi connectivity index (χ4v) is 2.17. The van der Waals surface area contributed by atoms with E-state index in [2.05, 4.69) is 30.4 Å². The number of nitrogens with two attached hydrogens (primary N) is 1. The molecule has 0 spiro atoms.